The van der Waals surface area contributed by atoms with E-state index in [1.807, 2.05) is 0 Å². The van der Waals surface area contributed by atoms with E-state index >= 15 is 0 Å². The van der Waals surface area contributed by atoms with E-state index in [-0.39, 0.29) is 29.9 Å². The van der Waals surface area contributed by atoms with Crippen molar-refractivity contribution in [2.45, 2.75) is 12.5 Å². The number of nitrogens with one attached hydrogen (secondary N) is 1. The van der Waals surface area contributed by atoms with Crippen molar-refractivity contribution in [3.8, 4) is 5.75 Å². The summed E-state index contributed by atoms with van der Waals surface area (Å²) < 4.78 is 18.3. The third-order valence-corrected chi connectivity index (χ3v) is 2.43. The molecule has 2 rings (SSSR count). The Labute approximate surface area is 104 Å². The van der Waals surface area contributed by atoms with Gasteiger partial charge < -0.3 is 10.1 Å². The highest BCUT2D eigenvalue weighted by atomic mass is 35.5. The summed E-state index contributed by atoms with van der Waals surface area (Å²) in [4.78, 5) is 10.1. The van der Waals surface area contributed by atoms with E-state index in [0.29, 0.717) is 6.54 Å². The van der Waals surface area contributed by atoms with E-state index in [0.717, 1.165) is 25.1 Å². The van der Waals surface area contributed by atoms with E-state index < -0.39 is 10.7 Å². The van der Waals surface area contributed by atoms with Gasteiger partial charge in [0.1, 0.15) is 11.9 Å². The number of benzene rings is 1. The fourth-order valence-electron chi connectivity index (χ4n) is 1.64. The van der Waals surface area contributed by atoms with Crippen LogP contribution in [0.1, 0.15) is 6.42 Å². The van der Waals surface area contributed by atoms with Crippen molar-refractivity contribution in [1.29, 1.82) is 0 Å². The molecule has 0 spiro atoms. The Kier molecular flexibility index (Phi) is 4.65. The lowest BCUT2D eigenvalue weighted by Gasteiger charge is -2.12. The fourth-order valence-corrected chi connectivity index (χ4v) is 1.64. The lowest BCUT2D eigenvalue weighted by atomic mass is 10.2. The summed E-state index contributed by atoms with van der Waals surface area (Å²) in [6.07, 6.45) is 0.721. The Morgan fingerprint density at radius 1 is 1.53 bits per heavy atom. The smallest absolute Gasteiger partial charge is 0.313 e. The van der Waals surface area contributed by atoms with Crippen molar-refractivity contribution in [1.82, 2.24) is 5.32 Å². The molecule has 94 valence electrons. The second-order valence-corrected chi connectivity index (χ2v) is 3.60. The number of hydrogen-bond acceptors (Lipinski definition) is 4. The van der Waals surface area contributed by atoms with Crippen LogP contribution in [0.4, 0.5) is 10.1 Å². The molecule has 1 saturated heterocycles. The zero-order chi connectivity index (χ0) is 11.5. The molecule has 1 aliphatic rings. The Morgan fingerprint density at radius 3 is 2.88 bits per heavy atom. The molecule has 0 bridgehead atoms. The quantitative estimate of drug-likeness (QED) is 0.667. The maximum atomic E-state index is 12.8. The number of halogens is 2. The monoisotopic (exact) mass is 262 g/mol. The van der Waals surface area contributed by atoms with Gasteiger partial charge in [-0.25, -0.2) is 4.39 Å². The number of nitro benzene ring substituents is 1. The summed E-state index contributed by atoms with van der Waals surface area (Å²) in [6.45, 7) is 1.49. The fraction of sp³-hybridized carbons (Fsp3) is 0.400. The van der Waals surface area contributed by atoms with Gasteiger partial charge in [-0.1, -0.05) is 0 Å². The van der Waals surface area contributed by atoms with Gasteiger partial charge in [0.25, 0.3) is 0 Å². The van der Waals surface area contributed by atoms with Crippen molar-refractivity contribution >= 4 is 18.1 Å². The maximum Gasteiger partial charge on any atom is 0.313 e. The summed E-state index contributed by atoms with van der Waals surface area (Å²) in [6, 6.07) is 3.33. The largest absolute Gasteiger partial charge is 0.482 e. The van der Waals surface area contributed by atoms with Gasteiger partial charge in [-0.15, -0.1) is 12.4 Å². The van der Waals surface area contributed by atoms with Gasteiger partial charge in [-0.3, -0.25) is 10.1 Å². The Bertz CT molecular complexity index is 411. The number of nitro groups is 1. The minimum absolute atomic E-state index is 0. The first-order chi connectivity index (χ1) is 7.66. The summed E-state index contributed by atoms with van der Waals surface area (Å²) in [5, 5.41) is 13.8. The Balaban J connectivity index is 0.00000144. The van der Waals surface area contributed by atoms with Gasteiger partial charge in [0.2, 0.25) is 0 Å². The van der Waals surface area contributed by atoms with Crippen molar-refractivity contribution < 1.29 is 14.1 Å². The minimum Gasteiger partial charge on any atom is -0.482 e. The van der Waals surface area contributed by atoms with Crippen LogP contribution in [0.2, 0.25) is 0 Å². The van der Waals surface area contributed by atoms with Crippen LogP contribution in [0.3, 0.4) is 0 Å². The number of ether oxygens (including phenoxy) is 1. The van der Waals surface area contributed by atoms with Gasteiger partial charge in [-0.2, -0.15) is 0 Å². The van der Waals surface area contributed by atoms with Crippen LogP contribution >= 0.6 is 12.4 Å². The molecule has 1 heterocycles. The van der Waals surface area contributed by atoms with Crippen molar-refractivity contribution in [2.75, 3.05) is 13.1 Å². The molecular weight excluding hydrogens is 251 g/mol. The topological polar surface area (TPSA) is 64.4 Å². The molecular formula is C10H12ClFN2O3. The number of hydrogen-bond donors (Lipinski definition) is 1. The van der Waals surface area contributed by atoms with Gasteiger partial charge in [-0.05, 0) is 25.1 Å². The summed E-state index contributed by atoms with van der Waals surface area (Å²) in [7, 11) is 0. The molecule has 1 aliphatic heterocycles. The lowest BCUT2D eigenvalue weighted by molar-refractivity contribution is -0.386. The first-order valence-corrected chi connectivity index (χ1v) is 4.98. The molecule has 7 heteroatoms. The standard InChI is InChI=1S/C10H11FN2O3.ClH/c11-7-1-2-10(9(5-7)13(14)15)16-8-3-4-12-6-8;/h1-2,5,8,12H,3-4,6H2;1H. The van der Waals surface area contributed by atoms with Gasteiger partial charge in [0.05, 0.1) is 11.0 Å². The molecule has 0 amide bonds. The zero-order valence-electron chi connectivity index (χ0n) is 8.89. The molecule has 0 aliphatic carbocycles. The molecule has 1 atom stereocenters. The van der Waals surface area contributed by atoms with E-state index in [1.165, 1.54) is 6.07 Å². The average Bonchev–Trinajstić information content (AvgIpc) is 2.73. The van der Waals surface area contributed by atoms with E-state index in [2.05, 4.69) is 5.32 Å². The number of nitrogens with zero attached hydrogens (tertiary/aromatic N) is 1. The Morgan fingerprint density at radius 2 is 2.29 bits per heavy atom. The molecule has 17 heavy (non-hydrogen) atoms. The normalized spacial score (nSPS) is 18.5. The van der Waals surface area contributed by atoms with Gasteiger partial charge in [0, 0.05) is 6.54 Å². The van der Waals surface area contributed by atoms with Gasteiger partial charge >= 0.3 is 5.69 Å². The van der Waals surface area contributed by atoms with Crippen molar-refractivity contribution in [3.63, 3.8) is 0 Å². The van der Waals surface area contributed by atoms with Crippen LogP contribution in [-0.4, -0.2) is 24.1 Å². The summed E-state index contributed by atoms with van der Waals surface area (Å²) in [5.41, 5.74) is -0.327. The van der Waals surface area contributed by atoms with Crippen LogP contribution in [0.15, 0.2) is 18.2 Å². The van der Waals surface area contributed by atoms with E-state index in [4.69, 9.17) is 4.74 Å². The van der Waals surface area contributed by atoms with E-state index in [1.54, 1.807) is 0 Å². The van der Waals surface area contributed by atoms with Crippen molar-refractivity contribution in [3.05, 3.63) is 34.1 Å². The molecule has 0 radical (unpaired) electrons. The highest BCUT2D eigenvalue weighted by molar-refractivity contribution is 5.85. The Hall–Kier alpha value is -1.40. The molecule has 5 nitrogen and oxygen atoms in total. The minimum atomic E-state index is -0.638. The molecule has 1 aromatic carbocycles. The molecule has 0 aromatic heterocycles. The van der Waals surface area contributed by atoms with Crippen LogP contribution in [-0.2, 0) is 0 Å². The maximum absolute atomic E-state index is 12.8. The molecule has 1 fully saturated rings. The van der Waals surface area contributed by atoms with Crippen molar-refractivity contribution in [2.24, 2.45) is 0 Å². The predicted molar refractivity (Wildman–Crippen MR) is 62.2 cm³/mol. The highest BCUT2D eigenvalue weighted by Crippen LogP contribution is 2.29. The molecule has 1 aromatic rings. The second kappa shape index (κ2) is 5.79. The third kappa shape index (κ3) is 3.28. The van der Waals surface area contributed by atoms with Gasteiger partial charge in [0.15, 0.2) is 5.75 Å². The van der Waals surface area contributed by atoms with E-state index in [9.17, 15) is 14.5 Å². The van der Waals surface area contributed by atoms with Crippen LogP contribution in [0.5, 0.6) is 5.75 Å². The first kappa shape index (κ1) is 13.7. The first-order valence-electron chi connectivity index (χ1n) is 4.98. The molecule has 0 saturated carbocycles. The summed E-state index contributed by atoms with van der Waals surface area (Å²) >= 11 is 0. The second-order valence-electron chi connectivity index (χ2n) is 3.60. The third-order valence-electron chi connectivity index (χ3n) is 2.43. The van der Waals surface area contributed by atoms with Crippen LogP contribution in [0.25, 0.3) is 0 Å². The van der Waals surface area contributed by atoms with Crippen LogP contribution in [0, 0.1) is 15.9 Å². The molecule has 1 N–H and O–H groups in total. The zero-order valence-corrected chi connectivity index (χ0v) is 9.71. The summed E-state index contributed by atoms with van der Waals surface area (Å²) in [5.74, 6) is -0.510. The highest BCUT2D eigenvalue weighted by Gasteiger charge is 2.22. The lowest BCUT2D eigenvalue weighted by Crippen LogP contribution is -2.20. The predicted octanol–water partition coefficient (Wildman–Crippen LogP) is 1.90. The SMILES string of the molecule is Cl.O=[N+]([O-])c1cc(F)ccc1OC1CCNC1. The van der Waals surface area contributed by atoms with Crippen LogP contribution < -0.4 is 10.1 Å². The number of rotatable bonds is 3. The average molecular weight is 263 g/mol. The molecule has 1 unspecified atom stereocenters.